The SMILES string of the molecule is O=C(CCCl)NC(=O)Nc1cc(Br)c(F)cc1F. The molecule has 8 heteroatoms. The van der Waals surface area contributed by atoms with Gasteiger partial charge in [0, 0.05) is 18.4 Å². The number of anilines is 1. The topological polar surface area (TPSA) is 58.2 Å². The molecule has 0 heterocycles. The van der Waals surface area contributed by atoms with E-state index in [1.54, 1.807) is 0 Å². The lowest BCUT2D eigenvalue weighted by Crippen LogP contribution is -2.34. The van der Waals surface area contributed by atoms with E-state index in [2.05, 4.69) is 21.2 Å². The predicted octanol–water partition coefficient (Wildman–Crippen LogP) is 3.00. The third kappa shape index (κ3) is 4.23. The summed E-state index contributed by atoms with van der Waals surface area (Å²) in [4.78, 5) is 22.3. The molecule has 0 saturated carbocycles. The first-order valence-electron chi connectivity index (χ1n) is 4.75. The molecule has 0 aromatic heterocycles. The van der Waals surface area contributed by atoms with E-state index in [1.165, 1.54) is 0 Å². The Bertz CT molecular complexity index is 485. The lowest BCUT2D eigenvalue weighted by atomic mass is 10.3. The molecule has 0 aliphatic carbocycles. The van der Waals surface area contributed by atoms with Gasteiger partial charge >= 0.3 is 6.03 Å². The number of hydrogen-bond donors (Lipinski definition) is 2. The molecule has 18 heavy (non-hydrogen) atoms. The number of hydrogen-bond acceptors (Lipinski definition) is 2. The normalized spacial score (nSPS) is 10.0. The minimum Gasteiger partial charge on any atom is -0.305 e. The van der Waals surface area contributed by atoms with Crippen molar-refractivity contribution in [1.29, 1.82) is 0 Å². The highest BCUT2D eigenvalue weighted by molar-refractivity contribution is 9.10. The summed E-state index contributed by atoms with van der Waals surface area (Å²) in [6.45, 7) is 0. The van der Waals surface area contributed by atoms with Crippen molar-refractivity contribution in [3.05, 3.63) is 28.2 Å². The van der Waals surface area contributed by atoms with Crippen molar-refractivity contribution in [1.82, 2.24) is 5.32 Å². The van der Waals surface area contributed by atoms with Gasteiger partial charge in [-0.1, -0.05) is 0 Å². The number of halogens is 4. The second kappa shape index (κ2) is 6.65. The Balaban J connectivity index is 2.70. The van der Waals surface area contributed by atoms with Gasteiger partial charge < -0.3 is 5.32 Å². The van der Waals surface area contributed by atoms with E-state index in [-0.39, 0.29) is 22.5 Å². The molecule has 0 fully saturated rings. The van der Waals surface area contributed by atoms with Crippen LogP contribution in [-0.2, 0) is 4.79 Å². The van der Waals surface area contributed by atoms with Crippen molar-refractivity contribution in [3.8, 4) is 0 Å². The summed E-state index contributed by atoms with van der Waals surface area (Å²) in [6.07, 6.45) is -0.0371. The second-order valence-electron chi connectivity index (χ2n) is 3.19. The lowest BCUT2D eigenvalue weighted by molar-refractivity contribution is -0.119. The molecule has 1 aromatic rings. The third-order valence-electron chi connectivity index (χ3n) is 1.83. The Morgan fingerprint density at radius 3 is 2.56 bits per heavy atom. The van der Waals surface area contributed by atoms with Gasteiger partial charge in [-0.2, -0.15) is 0 Å². The molecule has 1 rings (SSSR count). The molecule has 0 aliphatic heterocycles. The van der Waals surface area contributed by atoms with Crippen LogP contribution in [0.1, 0.15) is 6.42 Å². The van der Waals surface area contributed by atoms with E-state index in [1.807, 2.05) is 5.32 Å². The molecule has 0 aliphatic rings. The number of nitrogens with one attached hydrogen (secondary N) is 2. The molecule has 0 saturated heterocycles. The monoisotopic (exact) mass is 340 g/mol. The van der Waals surface area contributed by atoms with Crippen LogP contribution in [-0.4, -0.2) is 17.8 Å². The molecule has 0 spiro atoms. The van der Waals surface area contributed by atoms with Crippen molar-refractivity contribution in [2.24, 2.45) is 0 Å². The Kier molecular flexibility index (Phi) is 5.49. The van der Waals surface area contributed by atoms with Crippen molar-refractivity contribution in [2.45, 2.75) is 6.42 Å². The first-order valence-corrected chi connectivity index (χ1v) is 6.08. The molecular formula is C10H8BrClF2N2O2. The van der Waals surface area contributed by atoms with Crippen molar-refractivity contribution >= 4 is 45.2 Å². The smallest absolute Gasteiger partial charge is 0.305 e. The fourth-order valence-corrected chi connectivity index (χ4v) is 1.56. The highest BCUT2D eigenvalue weighted by atomic mass is 79.9. The van der Waals surface area contributed by atoms with Crippen LogP contribution < -0.4 is 10.6 Å². The zero-order valence-corrected chi connectivity index (χ0v) is 11.2. The van der Waals surface area contributed by atoms with Crippen LogP contribution in [0, 0.1) is 11.6 Å². The van der Waals surface area contributed by atoms with Crippen molar-refractivity contribution in [2.75, 3.05) is 11.2 Å². The Morgan fingerprint density at radius 2 is 1.94 bits per heavy atom. The van der Waals surface area contributed by atoms with Gasteiger partial charge in [-0.05, 0) is 22.0 Å². The van der Waals surface area contributed by atoms with E-state index in [0.29, 0.717) is 6.07 Å². The average molecular weight is 342 g/mol. The summed E-state index contributed by atoms with van der Waals surface area (Å²) in [5.74, 6) is -2.27. The van der Waals surface area contributed by atoms with Crippen LogP contribution in [0.5, 0.6) is 0 Å². The molecule has 0 atom stereocenters. The zero-order chi connectivity index (χ0) is 13.7. The molecule has 0 radical (unpaired) electrons. The van der Waals surface area contributed by atoms with Crippen LogP contribution in [0.25, 0.3) is 0 Å². The second-order valence-corrected chi connectivity index (χ2v) is 4.42. The molecule has 2 N–H and O–H groups in total. The molecular weight excluding hydrogens is 333 g/mol. The maximum Gasteiger partial charge on any atom is 0.325 e. The predicted molar refractivity (Wildman–Crippen MR) is 66.6 cm³/mol. The van der Waals surface area contributed by atoms with Crippen LogP contribution in [0.3, 0.4) is 0 Å². The average Bonchev–Trinajstić information content (AvgIpc) is 2.26. The fourth-order valence-electron chi connectivity index (χ4n) is 1.05. The first-order chi connectivity index (χ1) is 8.43. The van der Waals surface area contributed by atoms with Crippen LogP contribution in [0.2, 0.25) is 0 Å². The van der Waals surface area contributed by atoms with Crippen LogP contribution >= 0.6 is 27.5 Å². The van der Waals surface area contributed by atoms with E-state index >= 15 is 0 Å². The van der Waals surface area contributed by atoms with Gasteiger partial charge in [0.2, 0.25) is 5.91 Å². The summed E-state index contributed by atoms with van der Waals surface area (Å²) in [6, 6.07) is 0.749. The Hall–Kier alpha value is -1.21. The minimum absolute atomic E-state index is 0.00807. The van der Waals surface area contributed by atoms with Gasteiger partial charge in [0.1, 0.15) is 11.6 Å². The van der Waals surface area contributed by atoms with Gasteiger partial charge in [0.15, 0.2) is 0 Å². The summed E-state index contributed by atoms with van der Waals surface area (Å²) in [5.41, 5.74) is -0.251. The number of amides is 3. The molecule has 98 valence electrons. The number of alkyl halides is 1. The molecule has 3 amide bonds. The van der Waals surface area contributed by atoms with Crippen molar-refractivity contribution in [3.63, 3.8) is 0 Å². The summed E-state index contributed by atoms with van der Waals surface area (Å²) < 4.78 is 26.2. The molecule has 1 aromatic carbocycles. The third-order valence-corrected chi connectivity index (χ3v) is 2.63. The van der Waals surface area contributed by atoms with Gasteiger partial charge in [0.05, 0.1) is 10.2 Å². The number of urea groups is 1. The molecule has 0 bridgehead atoms. The van der Waals surface area contributed by atoms with E-state index < -0.39 is 23.6 Å². The number of rotatable bonds is 3. The van der Waals surface area contributed by atoms with E-state index in [4.69, 9.17) is 11.6 Å². The standard InChI is InChI=1S/C10H8BrClF2N2O2/c11-5-3-8(7(14)4-6(5)13)15-10(18)16-9(17)1-2-12/h3-4H,1-2H2,(H2,15,16,17,18). The van der Waals surface area contributed by atoms with Gasteiger partial charge in [-0.25, -0.2) is 13.6 Å². The number of carbonyl (C=O) groups excluding carboxylic acids is 2. The molecule has 4 nitrogen and oxygen atoms in total. The van der Waals surface area contributed by atoms with Gasteiger partial charge in [-0.15, -0.1) is 11.6 Å². The highest BCUT2D eigenvalue weighted by Crippen LogP contribution is 2.23. The number of benzene rings is 1. The first kappa shape index (κ1) is 14.8. The minimum atomic E-state index is -0.948. The van der Waals surface area contributed by atoms with Crippen LogP contribution in [0.15, 0.2) is 16.6 Å². The van der Waals surface area contributed by atoms with Crippen LogP contribution in [0.4, 0.5) is 19.3 Å². The summed E-state index contributed by atoms with van der Waals surface area (Å²) in [7, 11) is 0. The van der Waals surface area contributed by atoms with E-state index in [0.717, 1.165) is 6.07 Å². The van der Waals surface area contributed by atoms with E-state index in [9.17, 15) is 18.4 Å². The highest BCUT2D eigenvalue weighted by Gasteiger charge is 2.12. The summed E-state index contributed by atoms with van der Waals surface area (Å²) >= 11 is 8.15. The van der Waals surface area contributed by atoms with Gasteiger partial charge in [0.25, 0.3) is 0 Å². The lowest BCUT2D eigenvalue weighted by Gasteiger charge is -2.08. The zero-order valence-electron chi connectivity index (χ0n) is 8.90. The summed E-state index contributed by atoms with van der Waals surface area (Å²) in [5, 5.41) is 4.02. The maximum absolute atomic E-state index is 13.3. The van der Waals surface area contributed by atoms with Gasteiger partial charge in [-0.3, -0.25) is 10.1 Å². The largest absolute Gasteiger partial charge is 0.325 e. The maximum atomic E-state index is 13.3. The van der Waals surface area contributed by atoms with Crippen molar-refractivity contribution < 1.29 is 18.4 Å². The number of carbonyl (C=O) groups is 2. The fraction of sp³-hybridized carbons (Fsp3) is 0.200. The Labute approximate surface area is 115 Å². The number of imide groups is 1. The Morgan fingerprint density at radius 1 is 1.28 bits per heavy atom. The quantitative estimate of drug-likeness (QED) is 0.656. The molecule has 0 unspecified atom stereocenters.